The predicted molar refractivity (Wildman–Crippen MR) is 275 cm³/mol. The summed E-state index contributed by atoms with van der Waals surface area (Å²) in [4.78, 5) is 38.1. The zero-order valence-electron chi connectivity index (χ0n) is 42.8. The van der Waals surface area contributed by atoms with Gasteiger partial charge >= 0.3 is 17.9 Å². The first kappa shape index (κ1) is 61.6. The molecule has 0 saturated carbocycles. The van der Waals surface area contributed by atoms with E-state index in [2.05, 4.69) is 57.2 Å². The van der Waals surface area contributed by atoms with Gasteiger partial charge < -0.3 is 14.2 Å². The smallest absolute Gasteiger partial charge is 0.306 e. The van der Waals surface area contributed by atoms with Crippen LogP contribution in [0.15, 0.2) is 36.5 Å². The summed E-state index contributed by atoms with van der Waals surface area (Å²) >= 11 is 0. The van der Waals surface area contributed by atoms with Crippen molar-refractivity contribution in [3.63, 3.8) is 0 Å². The molecule has 0 aromatic rings. The van der Waals surface area contributed by atoms with Crippen LogP contribution >= 0.6 is 0 Å². The second kappa shape index (κ2) is 53.2. The van der Waals surface area contributed by atoms with E-state index < -0.39 is 6.10 Å². The fourth-order valence-corrected chi connectivity index (χ4v) is 8.14. The van der Waals surface area contributed by atoms with Crippen LogP contribution in [0.2, 0.25) is 0 Å². The molecule has 0 aliphatic rings. The van der Waals surface area contributed by atoms with E-state index in [0.29, 0.717) is 19.3 Å². The minimum Gasteiger partial charge on any atom is -0.462 e. The number of hydrogen-bond donors (Lipinski definition) is 0. The van der Waals surface area contributed by atoms with Gasteiger partial charge in [0.25, 0.3) is 0 Å². The van der Waals surface area contributed by atoms with Crippen LogP contribution < -0.4 is 0 Å². The van der Waals surface area contributed by atoms with Crippen molar-refractivity contribution < 1.29 is 28.6 Å². The Labute approximate surface area is 397 Å². The van der Waals surface area contributed by atoms with Crippen LogP contribution in [0.3, 0.4) is 0 Å². The summed E-state index contributed by atoms with van der Waals surface area (Å²) in [7, 11) is 0. The quantitative estimate of drug-likeness (QED) is 0.0199. The van der Waals surface area contributed by atoms with Crippen LogP contribution in [0.25, 0.3) is 0 Å². The average molecular weight is 899 g/mol. The minimum absolute atomic E-state index is 0.0799. The molecule has 6 nitrogen and oxygen atoms in total. The lowest BCUT2D eigenvalue weighted by Gasteiger charge is -2.18. The van der Waals surface area contributed by atoms with E-state index in [1.54, 1.807) is 0 Å². The van der Waals surface area contributed by atoms with Gasteiger partial charge in [0.1, 0.15) is 13.2 Å². The summed E-state index contributed by atoms with van der Waals surface area (Å²) < 4.78 is 16.8. The van der Waals surface area contributed by atoms with Gasteiger partial charge in [-0.3, -0.25) is 14.4 Å². The molecule has 0 amide bonds. The standard InChI is InChI=1S/C58H106O6/c1-4-7-10-13-16-19-22-25-28-29-30-31-34-36-39-42-45-48-51-57(60)63-54-55(64-58(61)52-49-46-43-40-37-33-27-24-21-18-15-12-9-6-3)53-62-56(59)50-47-44-41-38-35-32-26-23-20-17-14-11-8-5-2/h28-31,33,37,55H,4-27,32,34-36,38-54H2,1-3H3/b29-28-,31-30-,37-33-. The molecule has 6 heteroatoms. The predicted octanol–water partition coefficient (Wildman–Crippen LogP) is 18.5. The summed E-state index contributed by atoms with van der Waals surface area (Å²) in [6, 6.07) is 0. The van der Waals surface area contributed by atoms with Crippen LogP contribution in [0.1, 0.15) is 297 Å². The maximum atomic E-state index is 12.8. The van der Waals surface area contributed by atoms with E-state index in [-0.39, 0.29) is 31.1 Å². The molecule has 0 aliphatic heterocycles. The van der Waals surface area contributed by atoms with Crippen molar-refractivity contribution in [3.05, 3.63) is 36.5 Å². The topological polar surface area (TPSA) is 78.9 Å². The Balaban J connectivity index is 4.38. The maximum Gasteiger partial charge on any atom is 0.306 e. The first-order valence-corrected chi connectivity index (χ1v) is 28.0. The molecule has 0 bridgehead atoms. The summed E-state index contributed by atoms with van der Waals surface area (Å²) in [5.74, 6) is -0.897. The number of carbonyl (C=O) groups is 3. The Morgan fingerprint density at radius 2 is 0.562 bits per heavy atom. The Bertz CT molecular complexity index is 1080. The molecular weight excluding hydrogens is 793 g/mol. The highest BCUT2D eigenvalue weighted by atomic mass is 16.6. The molecule has 0 spiro atoms. The largest absolute Gasteiger partial charge is 0.462 e. The lowest BCUT2D eigenvalue weighted by molar-refractivity contribution is -0.167. The van der Waals surface area contributed by atoms with Crippen LogP contribution in [0, 0.1) is 0 Å². The molecule has 0 aromatic heterocycles. The van der Waals surface area contributed by atoms with E-state index >= 15 is 0 Å². The second-order valence-electron chi connectivity index (χ2n) is 18.9. The van der Waals surface area contributed by atoms with Crippen LogP contribution in [0.4, 0.5) is 0 Å². The number of carbonyl (C=O) groups excluding carboxylic acids is 3. The summed E-state index contributed by atoms with van der Waals surface area (Å²) in [6.07, 6.45) is 62.7. The van der Waals surface area contributed by atoms with Crippen molar-refractivity contribution in [1.82, 2.24) is 0 Å². The molecule has 0 fully saturated rings. The monoisotopic (exact) mass is 899 g/mol. The summed E-state index contributed by atoms with van der Waals surface area (Å²) in [5.41, 5.74) is 0. The number of esters is 3. The van der Waals surface area contributed by atoms with Gasteiger partial charge in [-0.05, 0) is 70.6 Å². The third-order valence-corrected chi connectivity index (χ3v) is 12.4. The van der Waals surface area contributed by atoms with Crippen molar-refractivity contribution in [1.29, 1.82) is 0 Å². The molecule has 0 aromatic carbocycles. The first-order valence-electron chi connectivity index (χ1n) is 28.0. The number of allylic oxidation sites excluding steroid dienone is 6. The molecule has 0 heterocycles. The van der Waals surface area contributed by atoms with Gasteiger partial charge in [0, 0.05) is 19.3 Å². The van der Waals surface area contributed by atoms with E-state index in [0.717, 1.165) is 89.9 Å². The van der Waals surface area contributed by atoms with Gasteiger partial charge in [-0.25, -0.2) is 0 Å². The lowest BCUT2D eigenvalue weighted by atomic mass is 10.0. The van der Waals surface area contributed by atoms with E-state index in [1.807, 2.05) is 0 Å². The molecule has 0 saturated heterocycles. The normalized spacial score (nSPS) is 12.2. The van der Waals surface area contributed by atoms with Gasteiger partial charge in [-0.2, -0.15) is 0 Å². The zero-order valence-corrected chi connectivity index (χ0v) is 42.8. The molecule has 64 heavy (non-hydrogen) atoms. The Kier molecular flexibility index (Phi) is 51.3. The highest BCUT2D eigenvalue weighted by Gasteiger charge is 2.19. The van der Waals surface area contributed by atoms with Gasteiger partial charge in [-0.1, -0.05) is 243 Å². The van der Waals surface area contributed by atoms with Crippen LogP contribution in [0.5, 0.6) is 0 Å². The molecule has 0 radical (unpaired) electrons. The van der Waals surface area contributed by atoms with E-state index in [4.69, 9.17) is 14.2 Å². The molecular formula is C58H106O6. The fourth-order valence-electron chi connectivity index (χ4n) is 8.14. The number of hydrogen-bond acceptors (Lipinski definition) is 6. The zero-order chi connectivity index (χ0) is 46.5. The van der Waals surface area contributed by atoms with Crippen LogP contribution in [-0.4, -0.2) is 37.2 Å². The van der Waals surface area contributed by atoms with Crippen molar-refractivity contribution in [3.8, 4) is 0 Å². The highest BCUT2D eigenvalue weighted by Crippen LogP contribution is 2.16. The maximum absolute atomic E-state index is 12.8. The van der Waals surface area contributed by atoms with Gasteiger partial charge in [0.05, 0.1) is 0 Å². The van der Waals surface area contributed by atoms with E-state index in [1.165, 1.54) is 167 Å². The summed E-state index contributed by atoms with van der Waals surface area (Å²) in [6.45, 7) is 6.64. The third kappa shape index (κ3) is 50.6. The molecule has 374 valence electrons. The average Bonchev–Trinajstić information content (AvgIpc) is 3.29. The molecule has 1 atom stereocenters. The van der Waals surface area contributed by atoms with Gasteiger partial charge in [-0.15, -0.1) is 0 Å². The fraction of sp³-hybridized carbons (Fsp3) is 0.845. The Morgan fingerprint density at radius 1 is 0.312 bits per heavy atom. The Hall–Kier alpha value is -2.37. The van der Waals surface area contributed by atoms with Crippen molar-refractivity contribution in [2.75, 3.05) is 13.2 Å². The minimum atomic E-state index is -0.783. The Morgan fingerprint density at radius 3 is 0.891 bits per heavy atom. The number of ether oxygens (including phenoxy) is 3. The second-order valence-corrected chi connectivity index (χ2v) is 18.9. The highest BCUT2D eigenvalue weighted by molar-refractivity contribution is 5.71. The third-order valence-electron chi connectivity index (χ3n) is 12.4. The van der Waals surface area contributed by atoms with Crippen molar-refractivity contribution in [2.45, 2.75) is 303 Å². The van der Waals surface area contributed by atoms with Crippen LogP contribution in [-0.2, 0) is 28.6 Å². The number of rotatable bonds is 51. The van der Waals surface area contributed by atoms with E-state index in [9.17, 15) is 14.4 Å². The van der Waals surface area contributed by atoms with Gasteiger partial charge in [0.15, 0.2) is 6.10 Å². The van der Waals surface area contributed by atoms with Gasteiger partial charge in [0.2, 0.25) is 0 Å². The first-order chi connectivity index (χ1) is 31.5. The lowest BCUT2D eigenvalue weighted by Crippen LogP contribution is -2.30. The SMILES string of the molecule is CCCCCCCCC/C=C\C=C/CCCCCCCC(=O)OCC(COC(=O)CCCCCCCCCCCCCCCC)OC(=O)CCCCC/C=C\CCCCCCCCC. The summed E-state index contributed by atoms with van der Waals surface area (Å²) in [5, 5.41) is 0. The van der Waals surface area contributed by atoms with Crippen molar-refractivity contribution >= 4 is 17.9 Å². The molecule has 1 unspecified atom stereocenters. The molecule has 0 rings (SSSR count). The van der Waals surface area contributed by atoms with Crippen molar-refractivity contribution in [2.24, 2.45) is 0 Å². The molecule has 0 aliphatic carbocycles. The molecule has 0 N–H and O–H groups in total. The number of unbranched alkanes of at least 4 members (excludes halogenated alkanes) is 35.